The lowest BCUT2D eigenvalue weighted by Gasteiger charge is -2.16. The number of H-pyrrole nitrogens is 1. The highest BCUT2D eigenvalue weighted by Gasteiger charge is 2.31. The lowest BCUT2D eigenvalue weighted by atomic mass is 9.96. The van der Waals surface area contributed by atoms with Gasteiger partial charge in [-0.15, -0.1) is 0 Å². The van der Waals surface area contributed by atoms with Crippen LogP contribution in [0.3, 0.4) is 0 Å². The molecule has 20 rings (SSSR count). The molecule has 0 fully saturated rings. The molecule has 496 valence electrons. The molecule has 1 N–H and O–H groups in total. The number of aromatic amines is 1. The fraction of sp³-hybridized carbons (Fsp3) is 0. The summed E-state index contributed by atoms with van der Waals surface area (Å²) in [5.41, 5.74) is 26.8. The fourth-order valence-electron chi connectivity index (χ4n) is 14.3. The second kappa shape index (κ2) is 28.1. The van der Waals surface area contributed by atoms with Crippen LogP contribution in [0.2, 0.25) is 0 Å². The van der Waals surface area contributed by atoms with E-state index in [1.165, 1.54) is 27.5 Å². The van der Waals surface area contributed by atoms with Crippen LogP contribution in [0.5, 0.6) is 23.0 Å². The van der Waals surface area contributed by atoms with Gasteiger partial charge in [0.05, 0.1) is 45.2 Å². The number of benzene rings is 14. The molecular formula is C96H63BrN6O2. The first-order chi connectivity index (χ1) is 52.0. The third kappa shape index (κ3) is 12.4. The van der Waals surface area contributed by atoms with Crippen molar-refractivity contribution in [1.82, 2.24) is 29.5 Å². The Labute approximate surface area is 616 Å². The van der Waals surface area contributed by atoms with Gasteiger partial charge in [-0.2, -0.15) is 0 Å². The Hall–Kier alpha value is -13.6. The van der Waals surface area contributed by atoms with Crippen LogP contribution < -0.4 is 9.47 Å². The Kier molecular flexibility index (Phi) is 17.0. The number of halogens is 1. The van der Waals surface area contributed by atoms with Gasteiger partial charge in [-0.05, 0) is 96.1 Å². The number of hydrogen-bond donors (Lipinski definition) is 1. The van der Waals surface area contributed by atoms with E-state index >= 15 is 0 Å². The lowest BCUT2D eigenvalue weighted by Crippen LogP contribution is -2.00. The molecule has 0 aliphatic carbocycles. The zero-order chi connectivity index (χ0) is 70.0. The summed E-state index contributed by atoms with van der Waals surface area (Å²) in [6.45, 7) is 0. The number of fused-ring (bicyclic) bond motifs is 14. The van der Waals surface area contributed by atoms with Gasteiger partial charge in [0.25, 0.3) is 0 Å². The third-order valence-electron chi connectivity index (χ3n) is 19.3. The Morgan fingerprint density at radius 1 is 0.267 bits per heavy atom. The maximum Gasteiger partial charge on any atom is 0.160 e. The minimum Gasteiger partial charge on any atom is -0.456 e. The van der Waals surface area contributed by atoms with Crippen LogP contribution >= 0.6 is 15.9 Å². The van der Waals surface area contributed by atoms with Crippen molar-refractivity contribution < 1.29 is 9.47 Å². The van der Waals surface area contributed by atoms with E-state index in [4.69, 9.17) is 29.4 Å². The van der Waals surface area contributed by atoms with E-state index in [1.807, 2.05) is 140 Å². The van der Waals surface area contributed by atoms with E-state index in [0.717, 1.165) is 157 Å². The first-order valence-electron chi connectivity index (χ1n) is 35.0. The maximum absolute atomic E-state index is 6.64. The van der Waals surface area contributed by atoms with Crippen molar-refractivity contribution in [3.8, 4) is 164 Å². The van der Waals surface area contributed by atoms with Gasteiger partial charge in [-0.25, -0.2) is 19.9 Å². The standard InChI is InChI=1S/C48H31N3O.C26H17NO.C22H15BrN2/c1-4-15-32(16-5-1)37-23-14-24-40-45-38-21-10-12-25-43(38)52-44-26-13-11-22-39(44)47(45)51(46(37)40)36-29-27-35(28-30-36)48-49-41(33-17-6-2-7-18-33)31-42(50-48)34-19-8-3-9-20-34;1-2-9-17(10-3-1)18-13-8-14-21-24-19-11-4-6-15-22(19)28-23-16-7-5-12-20(23)26(24)27-25(18)21;23-19-13-11-18(12-14-19)22-24-20(16-7-3-1-4-8-16)15-21(25-22)17-9-5-2-6-10-17/h1-31H;1-16,27H;1-15H. The van der Waals surface area contributed by atoms with Crippen molar-refractivity contribution in [3.63, 3.8) is 0 Å². The topological polar surface area (TPSA) is 90.7 Å². The quantitative estimate of drug-likeness (QED) is 0.155. The average Bonchev–Trinajstić information content (AvgIpc) is 1.56. The summed E-state index contributed by atoms with van der Waals surface area (Å²) in [6.07, 6.45) is 0. The van der Waals surface area contributed by atoms with E-state index in [2.05, 4.69) is 262 Å². The van der Waals surface area contributed by atoms with Gasteiger partial charge >= 0.3 is 0 Å². The lowest BCUT2D eigenvalue weighted by molar-refractivity contribution is 0.487. The largest absolute Gasteiger partial charge is 0.456 e. The van der Waals surface area contributed by atoms with Gasteiger partial charge < -0.3 is 19.0 Å². The minimum atomic E-state index is 0.681. The smallest absolute Gasteiger partial charge is 0.160 e. The molecule has 4 aromatic heterocycles. The van der Waals surface area contributed by atoms with E-state index in [9.17, 15) is 0 Å². The van der Waals surface area contributed by atoms with Gasteiger partial charge in [0, 0.05) is 98.8 Å². The van der Waals surface area contributed by atoms with E-state index in [1.54, 1.807) is 0 Å². The molecule has 2 aliphatic rings. The molecular weight excluding hydrogens is 1350 g/mol. The zero-order valence-electron chi connectivity index (χ0n) is 56.7. The van der Waals surface area contributed by atoms with Gasteiger partial charge in [0.15, 0.2) is 11.6 Å². The molecule has 18 aromatic rings. The second-order valence-electron chi connectivity index (χ2n) is 25.7. The van der Waals surface area contributed by atoms with Crippen LogP contribution in [0, 0.1) is 0 Å². The number of aromatic nitrogens is 6. The number of nitrogens with zero attached hydrogens (tertiary/aromatic N) is 5. The zero-order valence-corrected chi connectivity index (χ0v) is 58.3. The Morgan fingerprint density at radius 3 is 1.08 bits per heavy atom. The molecule has 0 saturated heterocycles. The van der Waals surface area contributed by atoms with Crippen LogP contribution in [0.4, 0.5) is 0 Å². The average molecular weight is 1410 g/mol. The Balaban J connectivity index is 0.000000124. The predicted octanol–water partition coefficient (Wildman–Crippen LogP) is 26.0. The fourth-order valence-corrected chi connectivity index (χ4v) is 14.6. The summed E-state index contributed by atoms with van der Waals surface area (Å²) in [5.74, 6) is 4.85. The maximum atomic E-state index is 6.64. The summed E-state index contributed by atoms with van der Waals surface area (Å²) in [7, 11) is 0. The highest BCUT2D eigenvalue weighted by Crippen LogP contribution is 2.54. The Bertz CT molecular complexity index is 6070. The Morgan fingerprint density at radius 2 is 0.610 bits per heavy atom. The third-order valence-corrected chi connectivity index (χ3v) is 19.8. The van der Waals surface area contributed by atoms with Crippen molar-refractivity contribution in [1.29, 1.82) is 0 Å². The summed E-state index contributed by atoms with van der Waals surface area (Å²) in [5, 5.41) is 2.38. The van der Waals surface area contributed by atoms with E-state index in [-0.39, 0.29) is 0 Å². The molecule has 9 heteroatoms. The van der Waals surface area contributed by atoms with Crippen molar-refractivity contribution in [2.24, 2.45) is 0 Å². The molecule has 0 bridgehead atoms. The molecule has 6 heterocycles. The van der Waals surface area contributed by atoms with Crippen LogP contribution in [0.25, 0.3) is 162 Å². The SMILES string of the molecule is Brc1ccc(-c2nc(-c3ccccc3)cc(-c3ccccc3)n2)cc1.c1ccc(-c2cc(-c3ccccc3)nc(-c3ccc(-n4c5c(c6cccc(-c7ccccc7)c64)-c4ccccc4Oc4ccccc4-5)cc3)n2)cc1.c1ccc(-c2cccc3c4c([nH]c23)-c2ccccc2Oc2ccccc2-4)cc1. The molecule has 0 radical (unpaired) electrons. The predicted molar refractivity (Wildman–Crippen MR) is 432 cm³/mol. The molecule has 0 atom stereocenters. The van der Waals surface area contributed by atoms with Gasteiger partial charge in [0.2, 0.25) is 0 Å². The number of nitrogens with one attached hydrogen (secondary N) is 1. The first-order valence-corrected chi connectivity index (χ1v) is 35.8. The molecule has 105 heavy (non-hydrogen) atoms. The highest BCUT2D eigenvalue weighted by atomic mass is 79.9. The van der Waals surface area contributed by atoms with Crippen LogP contribution in [-0.2, 0) is 0 Å². The van der Waals surface area contributed by atoms with Gasteiger partial charge in [0.1, 0.15) is 23.0 Å². The summed E-state index contributed by atoms with van der Waals surface area (Å²) in [6, 6.07) is 129. The molecule has 2 aliphatic heterocycles. The molecule has 0 spiro atoms. The number of rotatable bonds is 9. The summed E-state index contributed by atoms with van der Waals surface area (Å²) in [4.78, 5) is 23.5. The van der Waals surface area contributed by atoms with Crippen LogP contribution in [0.15, 0.2) is 381 Å². The molecule has 0 amide bonds. The van der Waals surface area contributed by atoms with Crippen molar-refractivity contribution in [3.05, 3.63) is 381 Å². The van der Waals surface area contributed by atoms with Gasteiger partial charge in [-0.3, -0.25) is 0 Å². The number of para-hydroxylation sites is 6. The van der Waals surface area contributed by atoms with Crippen LogP contribution in [-0.4, -0.2) is 29.5 Å². The molecule has 0 saturated carbocycles. The van der Waals surface area contributed by atoms with Crippen molar-refractivity contribution >= 4 is 37.7 Å². The number of ether oxygens (including phenoxy) is 2. The second-order valence-corrected chi connectivity index (χ2v) is 26.6. The molecule has 0 unspecified atom stereocenters. The number of hydrogen-bond acceptors (Lipinski definition) is 6. The molecule has 8 nitrogen and oxygen atoms in total. The summed E-state index contributed by atoms with van der Waals surface area (Å²) >= 11 is 3.48. The first kappa shape index (κ1) is 63.6. The van der Waals surface area contributed by atoms with E-state index in [0.29, 0.717) is 5.82 Å². The van der Waals surface area contributed by atoms with Crippen molar-refractivity contribution in [2.75, 3.05) is 0 Å². The highest BCUT2D eigenvalue weighted by molar-refractivity contribution is 9.10. The minimum absolute atomic E-state index is 0.681. The van der Waals surface area contributed by atoms with E-state index < -0.39 is 0 Å². The van der Waals surface area contributed by atoms with Crippen LogP contribution in [0.1, 0.15) is 0 Å². The summed E-state index contributed by atoms with van der Waals surface area (Å²) < 4.78 is 16.4. The monoisotopic (exact) mass is 1410 g/mol. The van der Waals surface area contributed by atoms with Gasteiger partial charge in [-0.1, -0.05) is 307 Å². The van der Waals surface area contributed by atoms with Crippen molar-refractivity contribution in [2.45, 2.75) is 0 Å². The normalized spacial score (nSPS) is 11.4. The molecule has 14 aromatic carbocycles.